The van der Waals surface area contributed by atoms with E-state index in [1.54, 1.807) is 0 Å². The number of hydrogen-bond donors (Lipinski definition) is 2. The van der Waals surface area contributed by atoms with E-state index < -0.39 is 6.61 Å². The summed E-state index contributed by atoms with van der Waals surface area (Å²) in [5.41, 5.74) is 1.53. The van der Waals surface area contributed by atoms with Gasteiger partial charge >= 0.3 is 6.61 Å². The topological polar surface area (TPSA) is 50.4 Å². The van der Waals surface area contributed by atoms with Gasteiger partial charge in [-0.05, 0) is 30.7 Å². The number of alkyl halides is 2. The van der Waals surface area contributed by atoms with Crippen LogP contribution in [0.4, 0.5) is 14.5 Å². The van der Waals surface area contributed by atoms with Gasteiger partial charge in [0, 0.05) is 5.69 Å². The third-order valence-corrected chi connectivity index (χ3v) is 3.57. The van der Waals surface area contributed by atoms with Crippen molar-refractivity contribution in [2.45, 2.75) is 19.6 Å². The number of carbonyl (C=O) groups excluding carboxylic acids is 1. The van der Waals surface area contributed by atoms with Gasteiger partial charge < -0.3 is 15.4 Å². The molecule has 0 spiro atoms. The molecule has 0 aliphatic carbocycles. The second-order valence-corrected chi connectivity index (χ2v) is 5.48. The molecule has 1 amide bonds. The van der Waals surface area contributed by atoms with Crippen molar-refractivity contribution in [1.82, 2.24) is 5.32 Å². The highest BCUT2D eigenvalue weighted by Crippen LogP contribution is 2.28. The zero-order chi connectivity index (χ0) is 17.5. The zero-order valence-corrected chi connectivity index (χ0v) is 13.7. The van der Waals surface area contributed by atoms with E-state index >= 15 is 0 Å². The molecule has 2 rings (SSSR count). The summed E-state index contributed by atoms with van der Waals surface area (Å²) in [5, 5.41) is 5.78. The van der Waals surface area contributed by atoms with Crippen molar-refractivity contribution in [3.8, 4) is 5.75 Å². The van der Waals surface area contributed by atoms with Crippen LogP contribution in [0.1, 0.15) is 18.5 Å². The van der Waals surface area contributed by atoms with Gasteiger partial charge in [0.2, 0.25) is 5.91 Å². The number of nitrogens with one attached hydrogen (secondary N) is 2. The number of ether oxygens (including phenoxy) is 1. The molecular weight excluding hydrogens is 338 g/mol. The van der Waals surface area contributed by atoms with E-state index in [1.165, 1.54) is 18.2 Å². The van der Waals surface area contributed by atoms with Gasteiger partial charge in [-0.15, -0.1) is 0 Å². The van der Waals surface area contributed by atoms with Gasteiger partial charge in [0.15, 0.2) is 0 Å². The van der Waals surface area contributed by atoms with E-state index in [2.05, 4.69) is 15.4 Å². The Bertz CT molecular complexity index is 684. The molecule has 1 atom stereocenters. The predicted octanol–water partition coefficient (Wildman–Crippen LogP) is 4.23. The lowest BCUT2D eigenvalue weighted by Gasteiger charge is -2.15. The highest BCUT2D eigenvalue weighted by molar-refractivity contribution is 6.32. The molecule has 0 unspecified atom stereocenters. The smallest absolute Gasteiger partial charge is 0.387 e. The second kappa shape index (κ2) is 8.49. The maximum atomic E-state index is 12.2. The predicted molar refractivity (Wildman–Crippen MR) is 89.6 cm³/mol. The lowest BCUT2D eigenvalue weighted by Crippen LogP contribution is -2.32. The van der Waals surface area contributed by atoms with Crippen LogP contribution in [0.15, 0.2) is 48.5 Å². The van der Waals surface area contributed by atoms with Crippen LogP contribution in [0, 0.1) is 0 Å². The number of anilines is 1. The van der Waals surface area contributed by atoms with E-state index in [-0.39, 0.29) is 29.3 Å². The molecule has 0 aromatic heterocycles. The van der Waals surface area contributed by atoms with Crippen molar-refractivity contribution in [2.24, 2.45) is 0 Å². The Morgan fingerprint density at radius 1 is 1.21 bits per heavy atom. The number of benzene rings is 2. The largest absolute Gasteiger partial charge is 0.433 e. The molecule has 2 aromatic carbocycles. The Hall–Kier alpha value is -2.34. The highest BCUT2D eigenvalue weighted by atomic mass is 35.5. The van der Waals surface area contributed by atoms with E-state index in [9.17, 15) is 13.6 Å². The Morgan fingerprint density at radius 3 is 2.54 bits per heavy atom. The third-order valence-electron chi connectivity index (χ3n) is 3.28. The maximum Gasteiger partial charge on any atom is 0.387 e. The summed E-state index contributed by atoms with van der Waals surface area (Å²) in [5.74, 6) is -0.310. The molecule has 0 aliphatic heterocycles. The van der Waals surface area contributed by atoms with Gasteiger partial charge in [-0.25, -0.2) is 0 Å². The van der Waals surface area contributed by atoms with Crippen molar-refractivity contribution < 1.29 is 18.3 Å². The van der Waals surface area contributed by atoms with E-state index in [1.807, 2.05) is 37.3 Å². The van der Waals surface area contributed by atoms with Crippen LogP contribution >= 0.6 is 11.6 Å². The van der Waals surface area contributed by atoms with Crippen molar-refractivity contribution in [3.05, 3.63) is 59.1 Å². The first-order valence-corrected chi connectivity index (χ1v) is 7.66. The Morgan fingerprint density at radius 2 is 1.92 bits per heavy atom. The van der Waals surface area contributed by atoms with Gasteiger partial charge in [-0.3, -0.25) is 4.79 Å². The van der Waals surface area contributed by atoms with Gasteiger partial charge in [0.25, 0.3) is 0 Å². The summed E-state index contributed by atoms with van der Waals surface area (Å²) in [6.45, 7) is -1.02. The second-order valence-electron chi connectivity index (χ2n) is 5.08. The first-order valence-electron chi connectivity index (χ1n) is 7.28. The average molecular weight is 355 g/mol. The maximum absolute atomic E-state index is 12.2. The van der Waals surface area contributed by atoms with Crippen molar-refractivity contribution >= 4 is 23.2 Å². The summed E-state index contributed by atoms with van der Waals surface area (Å²) in [7, 11) is 0. The van der Waals surface area contributed by atoms with Crippen LogP contribution in [-0.4, -0.2) is 19.1 Å². The standard InChI is InChI=1S/C17H17ClF2N2O2/c1-11(12-5-3-2-4-6-12)22-16(23)10-21-13-7-8-15(14(18)9-13)24-17(19)20/h2-9,11,17,21H,10H2,1H3,(H,22,23)/t11-/m0/s1. The first kappa shape index (κ1) is 18.0. The fourth-order valence-electron chi connectivity index (χ4n) is 2.10. The normalized spacial score (nSPS) is 11.9. The number of halogens is 3. The van der Waals surface area contributed by atoms with Gasteiger partial charge in [0.05, 0.1) is 17.6 Å². The molecule has 4 nitrogen and oxygen atoms in total. The molecule has 2 N–H and O–H groups in total. The van der Waals surface area contributed by atoms with Gasteiger partial charge in [0.1, 0.15) is 5.75 Å². The minimum Gasteiger partial charge on any atom is -0.433 e. The van der Waals surface area contributed by atoms with Crippen LogP contribution in [0.25, 0.3) is 0 Å². The van der Waals surface area contributed by atoms with Crippen LogP contribution in [-0.2, 0) is 4.79 Å². The summed E-state index contributed by atoms with van der Waals surface area (Å²) < 4.78 is 28.6. The molecule has 0 fully saturated rings. The molecule has 0 radical (unpaired) electrons. The molecule has 0 aliphatic rings. The molecule has 0 saturated carbocycles. The van der Waals surface area contributed by atoms with Crippen molar-refractivity contribution in [1.29, 1.82) is 0 Å². The van der Waals surface area contributed by atoms with Crippen LogP contribution in [0.2, 0.25) is 5.02 Å². The summed E-state index contributed by atoms with van der Waals surface area (Å²) in [4.78, 5) is 12.0. The molecule has 0 bridgehead atoms. The molecule has 0 saturated heterocycles. The first-order chi connectivity index (χ1) is 11.5. The third kappa shape index (κ3) is 5.38. The fraction of sp³-hybridized carbons (Fsp3) is 0.235. The molecule has 7 heteroatoms. The average Bonchev–Trinajstić information content (AvgIpc) is 2.55. The minimum atomic E-state index is -2.94. The van der Waals surface area contributed by atoms with E-state index in [4.69, 9.17) is 11.6 Å². The minimum absolute atomic E-state index is 0.0303. The van der Waals surface area contributed by atoms with Crippen molar-refractivity contribution in [2.75, 3.05) is 11.9 Å². The highest BCUT2D eigenvalue weighted by Gasteiger charge is 2.11. The zero-order valence-electron chi connectivity index (χ0n) is 12.9. The van der Waals surface area contributed by atoms with Gasteiger partial charge in [-0.2, -0.15) is 8.78 Å². The monoisotopic (exact) mass is 354 g/mol. The molecule has 2 aromatic rings. The lowest BCUT2D eigenvalue weighted by molar-refractivity contribution is -0.120. The van der Waals surface area contributed by atoms with Gasteiger partial charge in [-0.1, -0.05) is 41.9 Å². The number of rotatable bonds is 7. The number of amides is 1. The molecule has 128 valence electrons. The SMILES string of the molecule is C[C@H](NC(=O)CNc1ccc(OC(F)F)c(Cl)c1)c1ccccc1. The van der Waals surface area contributed by atoms with Crippen molar-refractivity contribution in [3.63, 3.8) is 0 Å². The Kier molecular flexibility index (Phi) is 6.37. The summed E-state index contributed by atoms with van der Waals surface area (Å²) >= 11 is 5.85. The van der Waals surface area contributed by atoms with Crippen LogP contribution < -0.4 is 15.4 Å². The molecule has 24 heavy (non-hydrogen) atoms. The molecular formula is C17H17ClF2N2O2. The van der Waals surface area contributed by atoms with Crippen LogP contribution in [0.3, 0.4) is 0 Å². The number of carbonyl (C=O) groups is 1. The molecule has 0 heterocycles. The number of hydrogen-bond acceptors (Lipinski definition) is 3. The Balaban J connectivity index is 1.86. The fourth-order valence-corrected chi connectivity index (χ4v) is 2.33. The van der Waals surface area contributed by atoms with E-state index in [0.29, 0.717) is 5.69 Å². The van der Waals surface area contributed by atoms with Crippen LogP contribution in [0.5, 0.6) is 5.75 Å². The Labute approximate surface area is 143 Å². The summed E-state index contributed by atoms with van der Waals surface area (Å²) in [6, 6.07) is 13.7. The quantitative estimate of drug-likeness (QED) is 0.782. The van der Waals surface area contributed by atoms with E-state index in [0.717, 1.165) is 5.56 Å². The summed E-state index contributed by atoms with van der Waals surface area (Å²) in [6.07, 6.45) is 0. The lowest BCUT2D eigenvalue weighted by atomic mass is 10.1.